The molecule has 0 saturated carbocycles. The molecule has 2 rings (SSSR count). The van der Waals surface area contributed by atoms with Crippen LogP contribution in [-0.2, 0) is 6.54 Å². The fraction of sp³-hybridized carbons (Fsp3) is 0.545. The van der Waals surface area contributed by atoms with Crippen molar-refractivity contribution in [2.24, 2.45) is 5.84 Å². The lowest BCUT2D eigenvalue weighted by atomic mass is 10.1. The first-order chi connectivity index (χ1) is 7.79. The molecule has 1 fully saturated rings. The number of rotatable bonds is 3. The number of carbonyl (C=O) groups excluding carboxylic acids is 1. The van der Waals surface area contributed by atoms with Crippen molar-refractivity contribution in [2.75, 3.05) is 13.1 Å². The first-order valence-electron chi connectivity index (χ1n) is 5.61. The molecule has 0 atom stereocenters. The minimum Gasteiger partial charge on any atom is -0.298 e. The van der Waals surface area contributed by atoms with E-state index in [4.69, 9.17) is 5.84 Å². The van der Waals surface area contributed by atoms with E-state index in [1.54, 1.807) is 0 Å². The standard InChI is InChI=1S/C11H17N3OS/c12-13-11(15)10-5-4-9(16-10)8-14-6-2-1-3-7-14/h4-5H,1-3,6-8,12H2,(H,13,15). The third-order valence-electron chi connectivity index (χ3n) is 2.84. The maximum atomic E-state index is 11.3. The predicted octanol–water partition coefficient (Wildman–Crippen LogP) is 1.34. The Bertz CT molecular complexity index is 358. The summed E-state index contributed by atoms with van der Waals surface area (Å²) in [5, 5.41) is 0. The zero-order valence-electron chi connectivity index (χ0n) is 9.24. The molecule has 1 aliphatic rings. The third kappa shape index (κ3) is 2.81. The van der Waals surface area contributed by atoms with Gasteiger partial charge in [-0.2, -0.15) is 0 Å². The van der Waals surface area contributed by atoms with Crippen LogP contribution in [0.4, 0.5) is 0 Å². The molecule has 0 unspecified atom stereocenters. The summed E-state index contributed by atoms with van der Waals surface area (Å²) in [7, 11) is 0. The number of likely N-dealkylation sites (tertiary alicyclic amines) is 1. The van der Waals surface area contributed by atoms with Gasteiger partial charge < -0.3 is 0 Å². The fourth-order valence-corrected chi connectivity index (χ4v) is 2.95. The highest BCUT2D eigenvalue weighted by atomic mass is 32.1. The highest BCUT2D eigenvalue weighted by Gasteiger charge is 2.13. The summed E-state index contributed by atoms with van der Waals surface area (Å²) >= 11 is 1.53. The Morgan fingerprint density at radius 2 is 2.12 bits per heavy atom. The molecule has 1 amide bonds. The second-order valence-electron chi connectivity index (χ2n) is 4.08. The van der Waals surface area contributed by atoms with Gasteiger partial charge in [0.15, 0.2) is 0 Å². The number of nitrogens with one attached hydrogen (secondary N) is 1. The second-order valence-corrected chi connectivity index (χ2v) is 5.24. The van der Waals surface area contributed by atoms with Gasteiger partial charge in [-0.3, -0.25) is 15.1 Å². The van der Waals surface area contributed by atoms with Gasteiger partial charge in [0.25, 0.3) is 5.91 Å². The summed E-state index contributed by atoms with van der Waals surface area (Å²) in [5.41, 5.74) is 2.16. The third-order valence-corrected chi connectivity index (χ3v) is 3.91. The average Bonchev–Trinajstić information content (AvgIpc) is 2.78. The van der Waals surface area contributed by atoms with Crippen LogP contribution in [0.5, 0.6) is 0 Å². The molecule has 0 spiro atoms. The fourth-order valence-electron chi connectivity index (χ4n) is 1.99. The molecule has 3 N–H and O–H groups in total. The number of nitrogens with two attached hydrogens (primary N) is 1. The topological polar surface area (TPSA) is 58.4 Å². The number of carbonyl (C=O) groups is 1. The van der Waals surface area contributed by atoms with Gasteiger partial charge in [0.2, 0.25) is 0 Å². The van der Waals surface area contributed by atoms with E-state index < -0.39 is 0 Å². The molecule has 1 aromatic heterocycles. The molecule has 16 heavy (non-hydrogen) atoms. The maximum Gasteiger partial charge on any atom is 0.275 e. The van der Waals surface area contributed by atoms with Gasteiger partial charge in [0.05, 0.1) is 4.88 Å². The number of amides is 1. The highest BCUT2D eigenvalue weighted by Crippen LogP contribution is 2.20. The first-order valence-corrected chi connectivity index (χ1v) is 6.43. The zero-order valence-corrected chi connectivity index (χ0v) is 10.1. The quantitative estimate of drug-likeness (QED) is 0.475. The maximum absolute atomic E-state index is 11.3. The number of hydrogen-bond donors (Lipinski definition) is 2. The lowest BCUT2D eigenvalue weighted by Gasteiger charge is -2.25. The summed E-state index contributed by atoms with van der Waals surface area (Å²) in [5.74, 6) is 4.90. The van der Waals surface area contributed by atoms with E-state index in [-0.39, 0.29) is 5.91 Å². The Morgan fingerprint density at radius 3 is 2.81 bits per heavy atom. The molecule has 1 aromatic rings. The van der Waals surface area contributed by atoms with Gasteiger partial charge in [0, 0.05) is 11.4 Å². The number of hydrogen-bond acceptors (Lipinski definition) is 4. The van der Waals surface area contributed by atoms with Gasteiger partial charge in [-0.05, 0) is 38.1 Å². The largest absolute Gasteiger partial charge is 0.298 e. The van der Waals surface area contributed by atoms with E-state index in [2.05, 4.69) is 10.3 Å². The van der Waals surface area contributed by atoms with Crippen molar-refractivity contribution in [1.82, 2.24) is 10.3 Å². The number of nitrogen functional groups attached to an aromatic ring is 1. The minimum atomic E-state index is -0.199. The molecule has 2 heterocycles. The van der Waals surface area contributed by atoms with Gasteiger partial charge in [-0.15, -0.1) is 11.3 Å². The minimum absolute atomic E-state index is 0.199. The molecule has 4 nitrogen and oxygen atoms in total. The SMILES string of the molecule is NNC(=O)c1ccc(CN2CCCCC2)s1. The van der Waals surface area contributed by atoms with Crippen molar-refractivity contribution < 1.29 is 4.79 Å². The molecule has 0 radical (unpaired) electrons. The number of nitrogens with zero attached hydrogens (tertiary/aromatic N) is 1. The van der Waals surface area contributed by atoms with Crippen LogP contribution in [0.2, 0.25) is 0 Å². The Hall–Kier alpha value is -0.910. The highest BCUT2D eigenvalue weighted by molar-refractivity contribution is 7.14. The van der Waals surface area contributed by atoms with Crippen molar-refractivity contribution in [2.45, 2.75) is 25.8 Å². The first kappa shape index (κ1) is 11.6. The van der Waals surface area contributed by atoms with Crippen LogP contribution < -0.4 is 11.3 Å². The summed E-state index contributed by atoms with van der Waals surface area (Å²) in [6.45, 7) is 3.31. The average molecular weight is 239 g/mol. The van der Waals surface area contributed by atoms with Crippen molar-refractivity contribution in [1.29, 1.82) is 0 Å². The van der Waals surface area contributed by atoms with Gasteiger partial charge in [-0.1, -0.05) is 6.42 Å². The van der Waals surface area contributed by atoms with Crippen molar-refractivity contribution in [3.63, 3.8) is 0 Å². The van der Waals surface area contributed by atoms with Crippen molar-refractivity contribution in [3.8, 4) is 0 Å². The van der Waals surface area contributed by atoms with E-state index in [0.717, 1.165) is 6.54 Å². The van der Waals surface area contributed by atoms with Crippen molar-refractivity contribution in [3.05, 3.63) is 21.9 Å². The van der Waals surface area contributed by atoms with Gasteiger partial charge in [0.1, 0.15) is 0 Å². The molecular weight excluding hydrogens is 222 g/mol. The molecular formula is C11H17N3OS. The monoisotopic (exact) mass is 239 g/mol. The van der Waals surface area contributed by atoms with Gasteiger partial charge >= 0.3 is 0 Å². The summed E-state index contributed by atoms with van der Waals surface area (Å²) in [6.07, 6.45) is 3.94. The number of thiophene rings is 1. The number of hydrazine groups is 1. The molecule has 1 saturated heterocycles. The Kier molecular flexibility index (Phi) is 3.93. The Balaban J connectivity index is 1.94. The normalized spacial score (nSPS) is 17.3. The Labute approximate surface area is 99.4 Å². The smallest absolute Gasteiger partial charge is 0.275 e. The predicted molar refractivity (Wildman–Crippen MR) is 65.1 cm³/mol. The van der Waals surface area contributed by atoms with Crippen LogP contribution in [0.25, 0.3) is 0 Å². The van der Waals surface area contributed by atoms with Crippen LogP contribution in [0.1, 0.15) is 33.8 Å². The number of piperidine rings is 1. The molecule has 1 aliphatic heterocycles. The second kappa shape index (κ2) is 5.43. The van der Waals surface area contributed by atoms with E-state index in [0.29, 0.717) is 4.88 Å². The van der Waals surface area contributed by atoms with Crippen LogP contribution in [0.3, 0.4) is 0 Å². The molecule has 5 heteroatoms. The molecule has 0 bridgehead atoms. The van der Waals surface area contributed by atoms with E-state index in [1.807, 2.05) is 12.1 Å². The van der Waals surface area contributed by atoms with E-state index >= 15 is 0 Å². The van der Waals surface area contributed by atoms with Crippen LogP contribution in [0, 0.1) is 0 Å². The molecule has 0 aliphatic carbocycles. The Morgan fingerprint density at radius 1 is 1.38 bits per heavy atom. The zero-order chi connectivity index (χ0) is 11.4. The lowest BCUT2D eigenvalue weighted by molar-refractivity contribution is 0.0957. The van der Waals surface area contributed by atoms with Crippen LogP contribution in [0.15, 0.2) is 12.1 Å². The van der Waals surface area contributed by atoms with E-state index in [1.165, 1.54) is 48.6 Å². The van der Waals surface area contributed by atoms with Crippen LogP contribution >= 0.6 is 11.3 Å². The lowest BCUT2D eigenvalue weighted by Crippen LogP contribution is -2.29. The summed E-state index contributed by atoms with van der Waals surface area (Å²) in [4.78, 5) is 15.6. The summed E-state index contributed by atoms with van der Waals surface area (Å²) < 4.78 is 0. The van der Waals surface area contributed by atoms with Crippen LogP contribution in [-0.4, -0.2) is 23.9 Å². The molecule has 0 aromatic carbocycles. The van der Waals surface area contributed by atoms with Crippen molar-refractivity contribution >= 4 is 17.2 Å². The molecule has 88 valence electrons. The summed E-state index contributed by atoms with van der Waals surface area (Å²) in [6, 6.07) is 3.86. The van der Waals surface area contributed by atoms with E-state index in [9.17, 15) is 4.79 Å². The van der Waals surface area contributed by atoms with Gasteiger partial charge in [-0.25, -0.2) is 5.84 Å².